The number of nitrogens with zero attached hydrogens (tertiary/aromatic N) is 3. The topological polar surface area (TPSA) is 74.7 Å². The summed E-state index contributed by atoms with van der Waals surface area (Å²) in [6.07, 6.45) is 10.1. The molecule has 0 aliphatic heterocycles. The Morgan fingerprint density at radius 2 is 1.91 bits per heavy atom. The highest BCUT2D eigenvalue weighted by Crippen LogP contribution is 2.18. The van der Waals surface area contributed by atoms with Crippen LogP contribution in [-0.2, 0) is 9.59 Å². The molecule has 2 amide bonds. The van der Waals surface area contributed by atoms with Gasteiger partial charge in [0.2, 0.25) is 11.8 Å². The zero-order chi connectivity index (χ0) is 16.5. The molecule has 0 unspecified atom stereocenters. The second-order valence-electron chi connectivity index (χ2n) is 5.81. The molecule has 0 radical (unpaired) electrons. The normalized spacial score (nSPS) is 15.0. The highest BCUT2D eigenvalue weighted by Gasteiger charge is 2.17. The van der Waals surface area contributed by atoms with Crippen LogP contribution < -0.4 is 10.3 Å². The van der Waals surface area contributed by atoms with Crippen molar-refractivity contribution in [2.24, 2.45) is 5.10 Å². The summed E-state index contributed by atoms with van der Waals surface area (Å²) in [5.41, 5.74) is 0.631. The smallest absolute Gasteiger partial charge is 0.247 e. The Balaban J connectivity index is 1.73. The van der Waals surface area contributed by atoms with E-state index in [9.17, 15) is 9.59 Å². The van der Waals surface area contributed by atoms with Crippen molar-refractivity contribution in [3.63, 3.8) is 0 Å². The van der Waals surface area contributed by atoms with E-state index in [-0.39, 0.29) is 18.2 Å². The summed E-state index contributed by atoms with van der Waals surface area (Å²) < 4.78 is 0. The SMILES string of the molecule is C=NN(C(=O)CCCC(=O)NC1CCCCC1)c1ccncc1. The summed E-state index contributed by atoms with van der Waals surface area (Å²) >= 11 is 0. The van der Waals surface area contributed by atoms with Crippen LogP contribution >= 0.6 is 0 Å². The zero-order valence-electron chi connectivity index (χ0n) is 13.4. The van der Waals surface area contributed by atoms with Crippen molar-refractivity contribution in [1.82, 2.24) is 10.3 Å². The molecule has 1 heterocycles. The molecule has 1 aromatic rings. The van der Waals surface area contributed by atoms with Gasteiger partial charge in [0.25, 0.3) is 0 Å². The molecule has 0 aromatic carbocycles. The Morgan fingerprint density at radius 1 is 1.22 bits per heavy atom. The molecule has 1 N–H and O–H groups in total. The van der Waals surface area contributed by atoms with Crippen molar-refractivity contribution in [3.05, 3.63) is 24.5 Å². The minimum absolute atomic E-state index is 0.0340. The number of amides is 2. The van der Waals surface area contributed by atoms with Gasteiger partial charge < -0.3 is 5.32 Å². The maximum absolute atomic E-state index is 12.2. The molecule has 6 nitrogen and oxygen atoms in total. The number of hydrogen-bond donors (Lipinski definition) is 1. The first-order valence-electron chi connectivity index (χ1n) is 8.19. The summed E-state index contributed by atoms with van der Waals surface area (Å²) in [7, 11) is 0. The van der Waals surface area contributed by atoms with Gasteiger partial charge in [0.15, 0.2) is 0 Å². The maximum Gasteiger partial charge on any atom is 0.247 e. The fraction of sp³-hybridized carbons (Fsp3) is 0.529. The van der Waals surface area contributed by atoms with Gasteiger partial charge >= 0.3 is 0 Å². The van der Waals surface area contributed by atoms with E-state index in [1.165, 1.54) is 24.3 Å². The van der Waals surface area contributed by atoms with Gasteiger partial charge in [-0.15, -0.1) is 0 Å². The summed E-state index contributed by atoms with van der Waals surface area (Å²) in [4.78, 5) is 28.0. The maximum atomic E-state index is 12.2. The van der Waals surface area contributed by atoms with Crippen molar-refractivity contribution < 1.29 is 9.59 Å². The Hall–Kier alpha value is -2.24. The number of anilines is 1. The largest absolute Gasteiger partial charge is 0.353 e. The molecular formula is C17H24N4O2. The lowest BCUT2D eigenvalue weighted by atomic mass is 9.95. The minimum atomic E-state index is -0.170. The molecule has 1 saturated carbocycles. The molecule has 23 heavy (non-hydrogen) atoms. The fourth-order valence-electron chi connectivity index (χ4n) is 2.84. The van der Waals surface area contributed by atoms with Crippen LogP contribution in [0.4, 0.5) is 5.69 Å². The first-order chi connectivity index (χ1) is 11.2. The van der Waals surface area contributed by atoms with Crippen molar-refractivity contribution in [2.45, 2.75) is 57.4 Å². The predicted molar refractivity (Wildman–Crippen MR) is 90.1 cm³/mol. The third-order valence-electron chi connectivity index (χ3n) is 4.05. The summed E-state index contributed by atoms with van der Waals surface area (Å²) in [5.74, 6) is -0.136. The molecular weight excluding hydrogens is 292 g/mol. The average molecular weight is 316 g/mol. The monoisotopic (exact) mass is 316 g/mol. The van der Waals surface area contributed by atoms with Crippen LogP contribution in [0.1, 0.15) is 51.4 Å². The molecule has 0 bridgehead atoms. The van der Waals surface area contributed by atoms with Crippen molar-refractivity contribution in [1.29, 1.82) is 0 Å². The Bertz CT molecular complexity index is 527. The number of pyridine rings is 1. The molecule has 0 atom stereocenters. The molecule has 1 aliphatic carbocycles. The number of carbonyl (C=O) groups is 2. The molecule has 1 aliphatic rings. The lowest BCUT2D eigenvalue weighted by molar-refractivity contribution is -0.122. The van der Waals surface area contributed by atoms with E-state index in [1.54, 1.807) is 24.5 Å². The zero-order valence-corrected chi connectivity index (χ0v) is 13.4. The highest BCUT2D eigenvalue weighted by atomic mass is 16.2. The number of aromatic nitrogens is 1. The molecule has 6 heteroatoms. The van der Waals surface area contributed by atoms with Crippen LogP contribution in [0.2, 0.25) is 0 Å². The molecule has 124 valence electrons. The van der Waals surface area contributed by atoms with Gasteiger partial charge in [-0.3, -0.25) is 14.6 Å². The van der Waals surface area contributed by atoms with Crippen molar-refractivity contribution in [2.75, 3.05) is 5.01 Å². The molecule has 1 aromatic heterocycles. The molecule has 0 spiro atoms. The number of nitrogens with one attached hydrogen (secondary N) is 1. The van der Waals surface area contributed by atoms with Crippen LogP contribution in [0.25, 0.3) is 0 Å². The van der Waals surface area contributed by atoms with Gasteiger partial charge in [0, 0.05) is 38.0 Å². The first kappa shape index (κ1) is 17.1. The van der Waals surface area contributed by atoms with Gasteiger partial charge in [0.1, 0.15) is 0 Å². The van der Waals surface area contributed by atoms with E-state index in [4.69, 9.17) is 0 Å². The number of rotatable bonds is 7. The third-order valence-corrected chi connectivity index (χ3v) is 4.05. The van der Waals surface area contributed by atoms with Crippen LogP contribution in [0.3, 0.4) is 0 Å². The lowest BCUT2D eigenvalue weighted by Gasteiger charge is -2.22. The Morgan fingerprint density at radius 3 is 2.57 bits per heavy atom. The first-order valence-corrected chi connectivity index (χ1v) is 8.19. The van der Waals surface area contributed by atoms with E-state index >= 15 is 0 Å². The van der Waals surface area contributed by atoms with E-state index in [2.05, 4.69) is 22.1 Å². The number of hydrogen-bond acceptors (Lipinski definition) is 4. The molecule has 0 saturated heterocycles. The summed E-state index contributed by atoms with van der Waals surface area (Å²) in [6.45, 7) is 3.43. The third kappa shape index (κ3) is 5.47. The minimum Gasteiger partial charge on any atom is -0.353 e. The predicted octanol–water partition coefficient (Wildman–Crippen LogP) is 2.65. The standard InChI is InChI=1S/C17H24N4O2/c1-18-21(15-10-12-19-13-11-15)17(23)9-5-8-16(22)20-14-6-3-2-4-7-14/h10-14H,1-9H2,(H,20,22). The van der Waals surface area contributed by atoms with Crippen molar-refractivity contribution in [3.8, 4) is 0 Å². The second kappa shape index (κ2) is 9.02. The van der Waals surface area contributed by atoms with Gasteiger partial charge in [0.05, 0.1) is 5.69 Å². The Labute approximate surface area is 137 Å². The van der Waals surface area contributed by atoms with Gasteiger partial charge in [-0.1, -0.05) is 19.3 Å². The quantitative estimate of drug-likeness (QED) is 0.621. The van der Waals surface area contributed by atoms with Crippen LogP contribution in [0, 0.1) is 0 Å². The van der Waals surface area contributed by atoms with Crippen LogP contribution in [-0.4, -0.2) is 29.6 Å². The molecule has 2 rings (SSSR count). The van der Waals surface area contributed by atoms with Gasteiger partial charge in [-0.05, 0) is 31.4 Å². The van der Waals surface area contributed by atoms with Crippen molar-refractivity contribution >= 4 is 24.2 Å². The van der Waals surface area contributed by atoms with E-state index < -0.39 is 0 Å². The molecule has 1 fully saturated rings. The highest BCUT2D eigenvalue weighted by molar-refractivity contribution is 5.93. The van der Waals surface area contributed by atoms with E-state index in [1.807, 2.05) is 0 Å². The fourth-order valence-corrected chi connectivity index (χ4v) is 2.84. The van der Waals surface area contributed by atoms with Crippen LogP contribution in [0.15, 0.2) is 29.6 Å². The number of hydrazone groups is 1. The van der Waals surface area contributed by atoms with Crippen LogP contribution in [0.5, 0.6) is 0 Å². The number of carbonyl (C=O) groups excluding carboxylic acids is 2. The van der Waals surface area contributed by atoms with E-state index in [0.29, 0.717) is 24.6 Å². The summed E-state index contributed by atoms with van der Waals surface area (Å²) in [6, 6.07) is 3.71. The van der Waals surface area contributed by atoms with Gasteiger partial charge in [-0.25, -0.2) is 5.01 Å². The van der Waals surface area contributed by atoms with E-state index in [0.717, 1.165) is 12.8 Å². The lowest BCUT2D eigenvalue weighted by Crippen LogP contribution is -2.36. The average Bonchev–Trinajstić information content (AvgIpc) is 2.57. The Kier molecular flexibility index (Phi) is 6.72. The van der Waals surface area contributed by atoms with Gasteiger partial charge in [-0.2, -0.15) is 5.10 Å². The summed E-state index contributed by atoms with van der Waals surface area (Å²) in [5, 5.41) is 8.07. The second-order valence-corrected chi connectivity index (χ2v) is 5.81.